The predicted molar refractivity (Wildman–Crippen MR) is 77.6 cm³/mol. The molecule has 0 bridgehead atoms. The van der Waals surface area contributed by atoms with Crippen LogP contribution in [-0.4, -0.2) is 35.3 Å². The highest BCUT2D eigenvalue weighted by Crippen LogP contribution is 2.28. The van der Waals surface area contributed by atoms with Crippen LogP contribution in [0, 0.1) is 6.92 Å². The summed E-state index contributed by atoms with van der Waals surface area (Å²) in [4.78, 5) is 12.5. The Morgan fingerprint density at radius 2 is 2.00 bits per heavy atom. The fourth-order valence-electron chi connectivity index (χ4n) is 1.96. The van der Waals surface area contributed by atoms with Crippen molar-refractivity contribution in [1.29, 1.82) is 0 Å². The van der Waals surface area contributed by atoms with Crippen molar-refractivity contribution in [2.45, 2.75) is 11.8 Å². The third-order valence-electron chi connectivity index (χ3n) is 3.03. The number of sulfone groups is 1. The monoisotopic (exact) mass is 328 g/mol. The summed E-state index contributed by atoms with van der Waals surface area (Å²) >= 11 is 6.00. The lowest BCUT2D eigenvalue weighted by molar-refractivity contribution is 0.103. The average Bonchev–Trinajstić information content (AvgIpc) is 2.61. The van der Waals surface area contributed by atoms with Crippen LogP contribution in [0.1, 0.15) is 21.6 Å². The number of ketones is 1. The van der Waals surface area contributed by atoms with Gasteiger partial charge in [-0.15, -0.1) is 0 Å². The number of rotatable bonds is 3. The van der Waals surface area contributed by atoms with Crippen LogP contribution >= 0.6 is 11.6 Å². The van der Waals surface area contributed by atoms with Crippen molar-refractivity contribution in [1.82, 2.24) is 9.78 Å². The standard InChI is InChI=1S/C13H13ClN2O4S/c1-7-11(13(18)16(2)15-7)12(17)9-5-4-8(6-10(9)14)21(3,19)20/h4-6,18H,1-3H3. The molecule has 2 rings (SSSR count). The minimum Gasteiger partial charge on any atom is -0.493 e. The third kappa shape index (κ3) is 2.79. The minimum absolute atomic E-state index is 0.00516. The molecule has 6 nitrogen and oxygen atoms in total. The normalized spacial score (nSPS) is 11.6. The zero-order valence-electron chi connectivity index (χ0n) is 11.6. The molecule has 21 heavy (non-hydrogen) atoms. The van der Waals surface area contributed by atoms with E-state index in [0.717, 1.165) is 6.26 Å². The highest BCUT2D eigenvalue weighted by Gasteiger charge is 2.23. The zero-order valence-corrected chi connectivity index (χ0v) is 13.2. The van der Waals surface area contributed by atoms with Crippen molar-refractivity contribution < 1.29 is 18.3 Å². The van der Waals surface area contributed by atoms with Gasteiger partial charge in [-0.1, -0.05) is 11.6 Å². The molecule has 0 amide bonds. The van der Waals surface area contributed by atoms with Crippen LogP contribution < -0.4 is 0 Å². The first kappa shape index (κ1) is 15.5. The maximum atomic E-state index is 12.4. The molecule has 1 heterocycles. The van der Waals surface area contributed by atoms with Crippen LogP contribution in [0.15, 0.2) is 23.1 Å². The van der Waals surface area contributed by atoms with Crippen molar-refractivity contribution in [3.05, 3.63) is 40.0 Å². The van der Waals surface area contributed by atoms with Gasteiger partial charge in [0.1, 0.15) is 5.56 Å². The Balaban J connectivity index is 2.55. The van der Waals surface area contributed by atoms with E-state index < -0.39 is 15.6 Å². The third-order valence-corrected chi connectivity index (χ3v) is 4.46. The molecule has 0 fully saturated rings. The first-order valence-electron chi connectivity index (χ1n) is 5.89. The lowest BCUT2D eigenvalue weighted by Crippen LogP contribution is -2.05. The van der Waals surface area contributed by atoms with Gasteiger partial charge in [-0.25, -0.2) is 13.1 Å². The Hall–Kier alpha value is -1.86. The molecule has 0 unspecified atom stereocenters. The molecule has 0 saturated heterocycles. The van der Waals surface area contributed by atoms with Crippen LogP contribution in [0.3, 0.4) is 0 Å². The summed E-state index contributed by atoms with van der Waals surface area (Å²) < 4.78 is 24.1. The molecule has 112 valence electrons. The van der Waals surface area contributed by atoms with E-state index >= 15 is 0 Å². The van der Waals surface area contributed by atoms with E-state index in [-0.39, 0.29) is 26.9 Å². The summed E-state index contributed by atoms with van der Waals surface area (Å²) in [5.74, 6) is -0.774. The second-order valence-electron chi connectivity index (χ2n) is 4.65. The minimum atomic E-state index is -3.41. The summed E-state index contributed by atoms with van der Waals surface area (Å²) in [6, 6.07) is 3.84. The maximum absolute atomic E-state index is 12.4. The second-order valence-corrected chi connectivity index (χ2v) is 7.07. The summed E-state index contributed by atoms with van der Waals surface area (Å²) in [6.07, 6.45) is 1.05. The molecule has 0 aliphatic rings. The van der Waals surface area contributed by atoms with E-state index in [0.29, 0.717) is 5.69 Å². The van der Waals surface area contributed by atoms with Crippen molar-refractivity contribution in [2.24, 2.45) is 7.05 Å². The molecule has 8 heteroatoms. The number of benzene rings is 1. The molecule has 2 aromatic rings. The van der Waals surface area contributed by atoms with E-state index in [1.807, 2.05) is 0 Å². The highest BCUT2D eigenvalue weighted by atomic mass is 35.5. The number of carbonyl (C=O) groups is 1. The smallest absolute Gasteiger partial charge is 0.220 e. The first-order valence-corrected chi connectivity index (χ1v) is 8.16. The van der Waals surface area contributed by atoms with Crippen molar-refractivity contribution in [3.8, 4) is 5.88 Å². The van der Waals surface area contributed by atoms with Crippen molar-refractivity contribution in [2.75, 3.05) is 6.26 Å². The highest BCUT2D eigenvalue weighted by molar-refractivity contribution is 7.90. The Morgan fingerprint density at radius 1 is 1.38 bits per heavy atom. The van der Waals surface area contributed by atoms with Gasteiger partial charge in [0.15, 0.2) is 9.84 Å². The lowest BCUT2D eigenvalue weighted by Gasteiger charge is -2.05. The summed E-state index contributed by atoms with van der Waals surface area (Å²) in [5.41, 5.74) is 0.519. The summed E-state index contributed by atoms with van der Waals surface area (Å²) in [6.45, 7) is 1.59. The molecule has 1 aromatic carbocycles. The van der Waals surface area contributed by atoms with E-state index in [2.05, 4.69) is 5.10 Å². The van der Waals surface area contributed by atoms with Gasteiger partial charge in [-0.2, -0.15) is 5.10 Å². The number of hydrogen-bond donors (Lipinski definition) is 1. The molecule has 1 N–H and O–H groups in total. The molecule has 0 aliphatic carbocycles. The molecule has 0 radical (unpaired) electrons. The van der Waals surface area contributed by atoms with Crippen LogP contribution in [0.5, 0.6) is 5.88 Å². The van der Waals surface area contributed by atoms with Crippen LogP contribution in [0.25, 0.3) is 0 Å². The summed E-state index contributed by atoms with van der Waals surface area (Å²) in [5, 5.41) is 13.8. The molecular formula is C13H13ClN2O4S. The number of aromatic nitrogens is 2. The number of halogens is 1. The molecule has 0 spiro atoms. The number of aryl methyl sites for hydroxylation is 2. The summed E-state index contributed by atoms with van der Waals surface area (Å²) in [7, 11) is -1.90. The topological polar surface area (TPSA) is 89.3 Å². The van der Waals surface area contributed by atoms with Gasteiger partial charge < -0.3 is 5.11 Å². The van der Waals surface area contributed by atoms with E-state index in [1.54, 1.807) is 6.92 Å². The van der Waals surface area contributed by atoms with Gasteiger partial charge >= 0.3 is 0 Å². The Labute approximate surface area is 126 Å². The van der Waals surface area contributed by atoms with Crippen LogP contribution in [0.2, 0.25) is 5.02 Å². The fraction of sp³-hybridized carbons (Fsp3) is 0.231. The Kier molecular flexibility index (Phi) is 3.81. The van der Waals surface area contributed by atoms with Gasteiger partial charge in [0.05, 0.1) is 15.6 Å². The zero-order chi connectivity index (χ0) is 15.9. The average molecular weight is 329 g/mol. The molecule has 0 atom stereocenters. The van der Waals surface area contributed by atoms with Gasteiger partial charge in [0.2, 0.25) is 11.7 Å². The molecule has 1 aromatic heterocycles. The van der Waals surface area contributed by atoms with Crippen molar-refractivity contribution in [3.63, 3.8) is 0 Å². The van der Waals surface area contributed by atoms with Gasteiger partial charge in [-0.3, -0.25) is 4.79 Å². The Morgan fingerprint density at radius 3 is 2.43 bits per heavy atom. The van der Waals surface area contributed by atoms with Gasteiger partial charge in [-0.05, 0) is 25.1 Å². The molecular weight excluding hydrogens is 316 g/mol. The van der Waals surface area contributed by atoms with Crippen LogP contribution in [-0.2, 0) is 16.9 Å². The van der Waals surface area contributed by atoms with E-state index in [4.69, 9.17) is 11.6 Å². The van der Waals surface area contributed by atoms with Gasteiger partial charge in [0, 0.05) is 18.9 Å². The fourth-order valence-corrected chi connectivity index (χ4v) is 2.94. The van der Waals surface area contributed by atoms with Crippen molar-refractivity contribution >= 4 is 27.2 Å². The quantitative estimate of drug-likeness (QED) is 0.866. The lowest BCUT2D eigenvalue weighted by atomic mass is 10.0. The number of nitrogens with zero attached hydrogens (tertiary/aromatic N) is 2. The molecule has 0 aliphatic heterocycles. The van der Waals surface area contributed by atoms with E-state index in [9.17, 15) is 18.3 Å². The maximum Gasteiger partial charge on any atom is 0.220 e. The largest absolute Gasteiger partial charge is 0.493 e. The number of carbonyl (C=O) groups excluding carboxylic acids is 1. The number of aromatic hydroxyl groups is 1. The Bertz CT molecular complexity index is 840. The SMILES string of the molecule is Cc1nn(C)c(O)c1C(=O)c1ccc(S(C)(=O)=O)cc1Cl. The second kappa shape index (κ2) is 5.16. The van der Waals surface area contributed by atoms with Crippen LogP contribution in [0.4, 0.5) is 0 Å². The van der Waals surface area contributed by atoms with E-state index in [1.165, 1.54) is 29.9 Å². The first-order chi connectivity index (χ1) is 9.62. The van der Waals surface area contributed by atoms with Gasteiger partial charge in [0.25, 0.3) is 0 Å². The molecule has 0 saturated carbocycles. The predicted octanol–water partition coefficient (Wildman–Crippen LogP) is 1.72. The number of hydrogen-bond acceptors (Lipinski definition) is 5.